The zero-order valence-electron chi connectivity index (χ0n) is 19.4. The van der Waals surface area contributed by atoms with Crippen LogP contribution in [-0.4, -0.2) is 28.9 Å². The van der Waals surface area contributed by atoms with E-state index in [0.29, 0.717) is 16.8 Å². The summed E-state index contributed by atoms with van der Waals surface area (Å²) in [6, 6.07) is 8.30. The van der Waals surface area contributed by atoms with E-state index in [-0.39, 0.29) is 19.4 Å². The second kappa shape index (κ2) is 9.74. The number of esters is 1. The number of ether oxygens (including phenoxy) is 1. The van der Waals surface area contributed by atoms with Gasteiger partial charge >= 0.3 is 18.2 Å². The van der Waals surface area contributed by atoms with Gasteiger partial charge in [-0.15, -0.1) is 0 Å². The van der Waals surface area contributed by atoms with Gasteiger partial charge in [-0.2, -0.15) is 18.3 Å². The maximum atomic E-state index is 13.3. The second-order valence-corrected chi connectivity index (χ2v) is 8.67. The van der Waals surface area contributed by atoms with Crippen molar-refractivity contribution < 1.29 is 27.5 Å². The van der Waals surface area contributed by atoms with Gasteiger partial charge in [-0.25, -0.2) is 4.79 Å². The summed E-state index contributed by atoms with van der Waals surface area (Å²) in [5, 5.41) is 10.4. The van der Waals surface area contributed by atoms with Crippen LogP contribution in [0.1, 0.15) is 37.0 Å². The van der Waals surface area contributed by atoms with Crippen LogP contribution in [0, 0.1) is 5.41 Å². The van der Waals surface area contributed by atoms with Crippen molar-refractivity contribution in [1.82, 2.24) is 15.1 Å². The van der Waals surface area contributed by atoms with Crippen molar-refractivity contribution in [3.63, 3.8) is 0 Å². The highest BCUT2D eigenvalue weighted by Gasteiger charge is 2.32. The highest BCUT2D eigenvalue weighted by atomic mass is 19.4. The lowest BCUT2D eigenvalue weighted by atomic mass is 9.85. The van der Waals surface area contributed by atoms with Gasteiger partial charge in [0.2, 0.25) is 0 Å². The van der Waals surface area contributed by atoms with Crippen molar-refractivity contribution in [1.29, 1.82) is 0 Å². The molecule has 1 heterocycles. The number of carbonyl (C=O) groups excluding carboxylic acids is 2. The van der Waals surface area contributed by atoms with E-state index in [1.54, 1.807) is 43.9 Å². The number of hydrogen-bond donors (Lipinski definition) is 2. The van der Waals surface area contributed by atoms with E-state index < -0.39 is 29.2 Å². The number of aromatic nitrogens is 2. The van der Waals surface area contributed by atoms with Crippen molar-refractivity contribution in [3.05, 3.63) is 59.3 Å². The summed E-state index contributed by atoms with van der Waals surface area (Å²) < 4.78 is 46.3. The second-order valence-electron chi connectivity index (χ2n) is 8.67. The molecule has 0 fully saturated rings. The minimum Gasteiger partial charge on any atom is -0.469 e. The number of amides is 2. The van der Waals surface area contributed by atoms with E-state index in [1.807, 2.05) is 6.07 Å². The summed E-state index contributed by atoms with van der Waals surface area (Å²) >= 11 is 0. The third-order valence-corrected chi connectivity index (χ3v) is 5.77. The number of nitrogens with zero attached hydrogens (tertiary/aromatic N) is 2. The van der Waals surface area contributed by atoms with Crippen molar-refractivity contribution in [2.24, 2.45) is 12.5 Å². The van der Waals surface area contributed by atoms with E-state index in [0.717, 1.165) is 23.0 Å². The average Bonchev–Trinajstić information content (AvgIpc) is 3.17. The number of carbonyl (C=O) groups is 2. The molecule has 0 radical (unpaired) electrons. The number of halogens is 3. The minimum absolute atomic E-state index is 0.0149. The van der Waals surface area contributed by atoms with Crippen LogP contribution in [0.15, 0.2) is 42.6 Å². The quantitative estimate of drug-likeness (QED) is 0.468. The molecule has 2 aromatic carbocycles. The maximum Gasteiger partial charge on any atom is 0.416 e. The minimum atomic E-state index is -4.50. The number of hydrogen-bond acceptors (Lipinski definition) is 4. The molecule has 0 atom stereocenters. The zero-order chi connectivity index (χ0) is 25.1. The number of nitrogens with one attached hydrogen (secondary N) is 2. The largest absolute Gasteiger partial charge is 0.469 e. The Morgan fingerprint density at radius 3 is 2.53 bits per heavy atom. The summed E-state index contributed by atoms with van der Waals surface area (Å²) in [6.45, 7) is 3.37. The van der Waals surface area contributed by atoms with E-state index >= 15 is 0 Å². The molecule has 0 unspecified atom stereocenters. The predicted molar refractivity (Wildman–Crippen MR) is 122 cm³/mol. The number of anilines is 1. The number of urea groups is 1. The molecule has 0 aliphatic heterocycles. The smallest absolute Gasteiger partial charge is 0.416 e. The van der Waals surface area contributed by atoms with E-state index in [9.17, 15) is 22.8 Å². The molecule has 0 saturated carbocycles. The molecule has 0 bridgehead atoms. The molecule has 0 saturated heterocycles. The van der Waals surface area contributed by atoms with E-state index in [2.05, 4.69) is 15.7 Å². The Balaban J connectivity index is 1.75. The standard InChI is InChI=1S/C24H27F3N4O3/c1-23(2,21(32)34-4)11-10-15-12-17(24(25,26)27)9-8-16(15)13-28-22(33)30-19-6-5-7-20-18(19)14-29-31(20)3/h5-9,12,14H,10-11,13H2,1-4H3,(H2,28,30,33). The van der Waals surface area contributed by atoms with Crippen molar-refractivity contribution in [2.75, 3.05) is 12.4 Å². The Labute approximate surface area is 195 Å². The summed E-state index contributed by atoms with van der Waals surface area (Å²) in [5.41, 5.74) is 0.694. The normalized spacial score (nSPS) is 12.0. The lowest BCUT2D eigenvalue weighted by molar-refractivity contribution is -0.151. The van der Waals surface area contributed by atoms with Crippen LogP contribution in [0.3, 0.4) is 0 Å². The SMILES string of the molecule is COC(=O)C(C)(C)CCc1cc(C(F)(F)F)ccc1CNC(=O)Nc1cccc2c1cnn2C. The Morgan fingerprint density at radius 2 is 1.85 bits per heavy atom. The first-order valence-electron chi connectivity index (χ1n) is 10.7. The van der Waals surface area contributed by atoms with Gasteiger partial charge in [0.1, 0.15) is 0 Å². The predicted octanol–water partition coefficient (Wildman–Crippen LogP) is 5.05. The highest BCUT2D eigenvalue weighted by Crippen LogP contribution is 2.32. The fourth-order valence-corrected chi connectivity index (χ4v) is 3.66. The summed E-state index contributed by atoms with van der Waals surface area (Å²) in [6.07, 6.45) is -2.37. The van der Waals surface area contributed by atoms with Crippen molar-refractivity contribution in [2.45, 2.75) is 39.4 Å². The Kier molecular flexibility index (Phi) is 7.18. The monoisotopic (exact) mass is 476 g/mol. The van der Waals surface area contributed by atoms with Crippen LogP contribution in [0.25, 0.3) is 10.9 Å². The van der Waals surface area contributed by atoms with Gasteiger partial charge in [0.15, 0.2) is 0 Å². The fourth-order valence-electron chi connectivity index (χ4n) is 3.66. The van der Waals surface area contributed by atoms with Crippen LogP contribution in [-0.2, 0) is 35.7 Å². The van der Waals surface area contributed by atoms with Crippen molar-refractivity contribution >= 4 is 28.6 Å². The van der Waals surface area contributed by atoms with Gasteiger partial charge in [0, 0.05) is 19.0 Å². The fraction of sp³-hybridized carbons (Fsp3) is 0.375. The Hall–Kier alpha value is -3.56. The lowest BCUT2D eigenvalue weighted by Gasteiger charge is -2.22. The molecular weight excluding hydrogens is 449 g/mol. The Morgan fingerprint density at radius 1 is 1.12 bits per heavy atom. The van der Waals surface area contributed by atoms with Crippen LogP contribution in [0.5, 0.6) is 0 Å². The molecule has 0 aliphatic carbocycles. The number of alkyl halides is 3. The molecule has 1 aromatic heterocycles. The summed E-state index contributed by atoms with van der Waals surface area (Å²) in [4.78, 5) is 24.5. The topological polar surface area (TPSA) is 85.2 Å². The number of rotatable bonds is 7. The van der Waals surface area contributed by atoms with E-state index in [1.165, 1.54) is 13.2 Å². The molecule has 10 heteroatoms. The first kappa shape index (κ1) is 25.1. The third kappa shape index (κ3) is 5.67. The average molecular weight is 476 g/mol. The highest BCUT2D eigenvalue weighted by molar-refractivity contribution is 6.00. The van der Waals surface area contributed by atoms with Gasteiger partial charge in [-0.05, 0) is 62.1 Å². The van der Waals surface area contributed by atoms with Crippen LogP contribution < -0.4 is 10.6 Å². The molecule has 0 spiro atoms. The molecule has 34 heavy (non-hydrogen) atoms. The summed E-state index contributed by atoms with van der Waals surface area (Å²) in [5.74, 6) is -0.442. The zero-order valence-corrected chi connectivity index (χ0v) is 19.4. The Bertz CT molecular complexity index is 1200. The van der Waals surface area contributed by atoms with Gasteiger partial charge < -0.3 is 15.4 Å². The van der Waals surface area contributed by atoms with Gasteiger partial charge in [0.25, 0.3) is 0 Å². The summed E-state index contributed by atoms with van der Waals surface area (Å²) in [7, 11) is 3.06. The molecule has 182 valence electrons. The van der Waals surface area contributed by atoms with Crippen molar-refractivity contribution in [3.8, 4) is 0 Å². The molecule has 3 rings (SSSR count). The maximum absolute atomic E-state index is 13.3. The van der Waals surface area contributed by atoms with Gasteiger partial charge in [-0.3, -0.25) is 9.48 Å². The van der Waals surface area contributed by atoms with Crippen LogP contribution in [0.4, 0.5) is 23.7 Å². The van der Waals surface area contributed by atoms with E-state index in [4.69, 9.17) is 4.74 Å². The molecule has 0 aliphatic rings. The molecular formula is C24H27F3N4O3. The van der Waals surface area contributed by atoms with Crippen LogP contribution in [0.2, 0.25) is 0 Å². The number of methoxy groups -OCH3 is 1. The van der Waals surface area contributed by atoms with Crippen LogP contribution >= 0.6 is 0 Å². The molecule has 2 amide bonds. The molecule has 7 nitrogen and oxygen atoms in total. The first-order chi connectivity index (χ1) is 15.9. The van der Waals surface area contributed by atoms with Gasteiger partial charge in [-0.1, -0.05) is 12.1 Å². The number of fused-ring (bicyclic) bond motifs is 1. The molecule has 2 N–H and O–H groups in total. The third-order valence-electron chi connectivity index (χ3n) is 5.77. The number of aryl methyl sites for hydroxylation is 2. The first-order valence-corrected chi connectivity index (χ1v) is 10.7. The number of benzene rings is 2. The molecule has 3 aromatic rings. The lowest BCUT2D eigenvalue weighted by Crippen LogP contribution is -2.29. The van der Waals surface area contributed by atoms with Gasteiger partial charge in [0.05, 0.1) is 35.5 Å².